The normalized spacial score (nSPS) is 14.4. The highest BCUT2D eigenvalue weighted by Crippen LogP contribution is 2.19. The lowest BCUT2D eigenvalue weighted by Crippen LogP contribution is -2.30. The van der Waals surface area contributed by atoms with Crippen molar-refractivity contribution in [3.05, 3.63) is 31.0 Å². The predicted molar refractivity (Wildman–Crippen MR) is 92.5 cm³/mol. The third-order valence-corrected chi connectivity index (χ3v) is 3.63. The molecule has 126 valence electrons. The molecule has 2 aromatic rings. The molecule has 0 spiro atoms. The molecule has 9 heteroatoms. The van der Waals surface area contributed by atoms with E-state index in [1.165, 1.54) is 6.33 Å². The number of pyridine rings is 1. The van der Waals surface area contributed by atoms with E-state index in [9.17, 15) is 4.79 Å². The van der Waals surface area contributed by atoms with Crippen LogP contribution >= 0.6 is 24.8 Å². The molecule has 1 fully saturated rings. The number of piperidine rings is 1. The molecule has 0 bridgehead atoms. The number of anilines is 1. The van der Waals surface area contributed by atoms with Crippen molar-refractivity contribution in [3.8, 4) is 5.82 Å². The van der Waals surface area contributed by atoms with Gasteiger partial charge in [0, 0.05) is 12.6 Å². The van der Waals surface area contributed by atoms with E-state index >= 15 is 0 Å². The van der Waals surface area contributed by atoms with Gasteiger partial charge in [-0.3, -0.25) is 4.79 Å². The standard InChI is InChI=1S/C14H18N6O.2ClH/c21-13(8-11-3-6-15-7-4-11)19-12-2-1-5-17-14(12)20-10-16-9-18-20;;/h1-2,5,9-11,15H,3-4,6-8H2,(H,19,21);2*1H. The van der Waals surface area contributed by atoms with E-state index in [-0.39, 0.29) is 30.7 Å². The molecular formula is C14H20Cl2N6O. The van der Waals surface area contributed by atoms with Crippen molar-refractivity contribution in [2.24, 2.45) is 5.92 Å². The van der Waals surface area contributed by atoms with Gasteiger partial charge in [0.2, 0.25) is 5.91 Å². The van der Waals surface area contributed by atoms with E-state index in [1.807, 2.05) is 6.07 Å². The summed E-state index contributed by atoms with van der Waals surface area (Å²) in [7, 11) is 0. The van der Waals surface area contributed by atoms with Crippen LogP contribution < -0.4 is 10.6 Å². The van der Waals surface area contributed by atoms with Gasteiger partial charge in [-0.1, -0.05) is 0 Å². The zero-order chi connectivity index (χ0) is 14.5. The van der Waals surface area contributed by atoms with Crippen molar-refractivity contribution in [1.29, 1.82) is 0 Å². The summed E-state index contributed by atoms with van der Waals surface area (Å²) in [4.78, 5) is 20.4. The Morgan fingerprint density at radius 3 is 2.83 bits per heavy atom. The summed E-state index contributed by atoms with van der Waals surface area (Å²) in [5.41, 5.74) is 0.655. The monoisotopic (exact) mass is 358 g/mol. The zero-order valence-corrected chi connectivity index (χ0v) is 14.1. The maximum absolute atomic E-state index is 12.2. The fourth-order valence-electron chi connectivity index (χ4n) is 2.54. The van der Waals surface area contributed by atoms with Crippen LogP contribution in [0.1, 0.15) is 19.3 Å². The lowest BCUT2D eigenvalue weighted by Gasteiger charge is -2.22. The summed E-state index contributed by atoms with van der Waals surface area (Å²) < 4.78 is 1.54. The molecule has 1 aliphatic heterocycles. The van der Waals surface area contributed by atoms with Gasteiger partial charge >= 0.3 is 0 Å². The quantitative estimate of drug-likeness (QED) is 0.870. The lowest BCUT2D eigenvalue weighted by molar-refractivity contribution is -0.117. The summed E-state index contributed by atoms with van der Waals surface area (Å²) in [6, 6.07) is 3.62. The number of amides is 1. The fraction of sp³-hybridized carbons (Fsp3) is 0.429. The average molecular weight is 359 g/mol. The SMILES string of the molecule is Cl.Cl.O=C(CC1CCNCC1)Nc1cccnc1-n1cncn1. The molecule has 0 radical (unpaired) electrons. The third kappa shape index (κ3) is 5.16. The Bertz CT molecular complexity index is 601. The first-order valence-corrected chi connectivity index (χ1v) is 7.13. The Hall–Kier alpha value is -1.70. The molecule has 1 aliphatic rings. The summed E-state index contributed by atoms with van der Waals surface area (Å²) in [6.45, 7) is 1.99. The highest BCUT2D eigenvalue weighted by atomic mass is 35.5. The molecule has 2 aromatic heterocycles. The van der Waals surface area contributed by atoms with Crippen LogP contribution in [0, 0.1) is 5.92 Å². The van der Waals surface area contributed by atoms with Gasteiger partial charge in [-0.05, 0) is 44.0 Å². The number of halogens is 2. The topological polar surface area (TPSA) is 84.7 Å². The van der Waals surface area contributed by atoms with Crippen LogP contribution in [0.4, 0.5) is 5.69 Å². The number of hydrogen-bond acceptors (Lipinski definition) is 5. The molecule has 3 heterocycles. The number of nitrogens with one attached hydrogen (secondary N) is 2. The maximum atomic E-state index is 12.2. The number of carbonyl (C=O) groups excluding carboxylic acids is 1. The van der Waals surface area contributed by atoms with Crippen LogP contribution in [0.25, 0.3) is 5.82 Å². The molecule has 2 N–H and O–H groups in total. The maximum Gasteiger partial charge on any atom is 0.224 e. The minimum atomic E-state index is 0. The van der Waals surface area contributed by atoms with Gasteiger partial charge in [-0.25, -0.2) is 14.6 Å². The van der Waals surface area contributed by atoms with E-state index in [1.54, 1.807) is 23.3 Å². The second-order valence-corrected chi connectivity index (χ2v) is 5.16. The van der Waals surface area contributed by atoms with Crippen LogP contribution in [0.2, 0.25) is 0 Å². The molecule has 0 atom stereocenters. The van der Waals surface area contributed by atoms with E-state index in [0.29, 0.717) is 23.8 Å². The van der Waals surface area contributed by atoms with Gasteiger partial charge in [0.25, 0.3) is 0 Å². The number of aromatic nitrogens is 4. The predicted octanol–water partition coefficient (Wildman–Crippen LogP) is 1.83. The summed E-state index contributed by atoms with van der Waals surface area (Å²) in [5, 5.41) is 10.3. The first-order valence-electron chi connectivity index (χ1n) is 7.13. The molecule has 3 rings (SSSR count). The third-order valence-electron chi connectivity index (χ3n) is 3.63. The molecule has 0 unspecified atom stereocenters. The molecule has 23 heavy (non-hydrogen) atoms. The highest BCUT2D eigenvalue weighted by Gasteiger charge is 2.18. The number of nitrogens with zero attached hydrogens (tertiary/aromatic N) is 4. The Kier molecular flexibility index (Phi) is 7.94. The van der Waals surface area contributed by atoms with Crippen LogP contribution in [0.3, 0.4) is 0 Å². The molecule has 1 amide bonds. The molecular weight excluding hydrogens is 339 g/mol. The van der Waals surface area contributed by atoms with E-state index in [4.69, 9.17) is 0 Å². The minimum Gasteiger partial charge on any atom is -0.323 e. The Morgan fingerprint density at radius 1 is 1.35 bits per heavy atom. The Morgan fingerprint density at radius 2 is 2.13 bits per heavy atom. The molecule has 0 saturated carbocycles. The Labute approximate surface area is 147 Å². The molecule has 7 nitrogen and oxygen atoms in total. The fourth-order valence-corrected chi connectivity index (χ4v) is 2.54. The first kappa shape index (κ1) is 19.3. The number of carbonyl (C=O) groups is 1. The Balaban J connectivity index is 0.00000132. The lowest BCUT2D eigenvalue weighted by atomic mass is 9.94. The zero-order valence-electron chi connectivity index (χ0n) is 12.5. The van der Waals surface area contributed by atoms with E-state index < -0.39 is 0 Å². The first-order chi connectivity index (χ1) is 10.3. The van der Waals surface area contributed by atoms with Crippen molar-refractivity contribution in [2.75, 3.05) is 18.4 Å². The van der Waals surface area contributed by atoms with Gasteiger partial charge in [0.15, 0.2) is 5.82 Å². The van der Waals surface area contributed by atoms with Crippen LogP contribution in [-0.4, -0.2) is 38.7 Å². The summed E-state index contributed by atoms with van der Waals surface area (Å²) in [5.74, 6) is 1.06. The van der Waals surface area contributed by atoms with Crippen molar-refractivity contribution in [1.82, 2.24) is 25.1 Å². The van der Waals surface area contributed by atoms with Gasteiger partial charge in [0.05, 0.1) is 5.69 Å². The largest absolute Gasteiger partial charge is 0.323 e. The van der Waals surface area contributed by atoms with Crippen molar-refractivity contribution >= 4 is 36.4 Å². The smallest absolute Gasteiger partial charge is 0.224 e. The van der Waals surface area contributed by atoms with Crippen LogP contribution in [-0.2, 0) is 4.79 Å². The van der Waals surface area contributed by atoms with Gasteiger partial charge < -0.3 is 10.6 Å². The van der Waals surface area contributed by atoms with Gasteiger partial charge in [0.1, 0.15) is 12.7 Å². The highest BCUT2D eigenvalue weighted by molar-refractivity contribution is 5.92. The average Bonchev–Trinajstić information content (AvgIpc) is 3.03. The second kappa shape index (κ2) is 9.44. The van der Waals surface area contributed by atoms with Gasteiger partial charge in [-0.15, -0.1) is 24.8 Å². The van der Waals surface area contributed by atoms with Crippen LogP contribution in [0.15, 0.2) is 31.0 Å². The molecule has 0 aliphatic carbocycles. The summed E-state index contributed by atoms with van der Waals surface area (Å²) in [6.07, 6.45) is 7.32. The van der Waals surface area contributed by atoms with Crippen molar-refractivity contribution < 1.29 is 4.79 Å². The van der Waals surface area contributed by atoms with E-state index in [2.05, 4.69) is 25.7 Å². The molecule has 0 aromatic carbocycles. The number of rotatable bonds is 4. The van der Waals surface area contributed by atoms with Gasteiger partial charge in [-0.2, -0.15) is 5.10 Å². The van der Waals surface area contributed by atoms with E-state index in [0.717, 1.165) is 25.9 Å². The minimum absolute atomic E-state index is 0. The van der Waals surface area contributed by atoms with Crippen LogP contribution in [0.5, 0.6) is 0 Å². The van der Waals surface area contributed by atoms with Crippen molar-refractivity contribution in [3.63, 3.8) is 0 Å². The molecule has 1 saturated heterocycles. The van der Waals surface area contributed by atoms with Crippen molar-refractivity contribution in [2.45, 2.75) is 19.3 Å². The second-order valence-electron chi connectivity index (χ2n) is 5.16. The summed E-state index contributed by atoms with van der Waals surface area (Å²) >= 11 is 0. The number of hydrogen-bond donors (Lipinski definition) is 2.